The lowest BCUT2D eigenvalue weighted by molar-refractivity contribution is -0.168. The standard InChI is InChI=1S/C30H47NO9/c1-12-28(8,9)25(34)38-22-15-14-21(16-23(22)39-26(35)29(10,11)13-2)17-30(24(32)33,31-19(5)6)40-27(36)37-20(7)18(3)4/h14-16,18-20,31H,12-13,17H2,1-11H3,(H,32,33)/t20?,30-/m0/s1. The summed E-state index contributed by atoms with van der Waals surface area (Å²) in [7, 11) is 0. The quantitative estimate of drug-likeness (QED) is 0.160. The Bertz CT molecular complexity index is 1060. The first-order valence-corrected chi connectivity index (χ1v) is 13.8. The van der Waals surface area contributed by atoms with Crippen LogP contribution in [0.3, 0.4) is 0 Å². The largest absolute Gasteiger partial charge is 0.510 e. The van der Waals surface area contributed by atoms with Crippen LogP contribution in [0.2, 0.25) is 0 Å². The molecular weight excluding hydrogens is 518 g/mol. The van der Waals surface area contributed by atoms with Crippen LogP contribution in [0.25, 0.3) is 0 Å². The zero-order valence-corrected chi connectivity index (χ0v) is 25.8. The summed E-state index contributed by atoms with van der Waals surface area (Å²) in [5, 5.41) is 13.0. The Morgan fingerprint density at radius 3 is 1.77 bits per heavy atom. The first-order chi connectivity index (χ1) is 18.3. The van der Waals surface area contributed by atoms with Crippen molar-refractivity contribution in [1.82, 2.24) is 5.32 Å². The third kappa shape index (κ3) is 9.50. The van der Waals surface area contributed by atoms with Crippen molar-refractivity contribution in [2.45, 2.75) is 113 Å². The molecule has 2 N–H and O–H groups in total. The van der Waals surface area contributed by atoms with Crippen LogP contribution in [-0.4, -0.2) is 47.0 Å². The second kappa shape index (κ2) is 14.0. The van der Waals surface area contributed by atoms with Crippen LogP contribution in [0.5, 0.6) is 11.5 Å². The molecule has 0 aromatic heterocycles. The van der Waals surface area contributed by atoms with Gasteiger partial charge in [-0.25, -0.2) is 9.59 Å². The van der Waals surface area contributed by atoms with Crippen LogP contribution in [0.15, 0.2) is 18.2 Å². The predicted molar refractivity (Wildman–Crippen MR) is 150 cm³/mol. The van der Waals surface area contributed by atoms with Gasteiger partial charge in [-0.3, -0.25) is 14.9 Å². The van der Waals surface area contributed by atoms with Crippen molar-refractivity contribution in [1.29, 1.82) is 0 Å². The smallest absolute Gasteiger partial charge is 0.477 e. The minimum Gasteiger partial charge on any atom is -0.477 e. The summed E-state index contributed by atoms with van der Waals surface area (Å²) >= 11 is 0. The maximum atomic E-state index is 13.0. The summed E-state index contributed by atoms with van der Waals surface area (Å²) in [4.78, 5) is 51.0. The van der Waals surface area contributed by atoms with Crippen molar-refractivity contribution >= 4 is 24.1 Å². The van der Waals surface area contributed by atoms with Crippen molar-refractivity contribution in [2.24, 2.45) is 16.7 Å². The highest BCUT2D eigenvalue weighted by molar-refractivity contribution is 5.82. The van der Waals surface area contributed by atoms with Gasteiger partial charge in [0.2, 0.25) is 0 Å². The molecule has 0 heterocycles. The van der Waals surface area contributed by atoms with E-state index in [1.54, 1.807) is 48.5 Å². The number of ether oxygens (including phenoxy) is 4. The molecule has 10 heteroatoms. The molecule has 0 amide bonds. The number of esters is 2. The van der Waals surface area contributed by atoms with E-state index in [0.29, 0.717) is 18.4 Å². The normalized spacial score (nSPS) is 14.3. The van der Waals surface area contributed by atoms with Crippen molar-refractivity contribution in [2.75, 3.05) is 0 Å². The van der Waals surface area contributed by atoms with E-state index in [1.165, 1.54) is 18.2 Å². The van der Waals surface area contributed by atoms with Crippen LogP contribution in [0.1, 0.15) is 94.6 Å². The summed E-state index contributed by atoms with van der Waals surface area (Å²) in [5.74, 6) is -2.56. The number of rotatable bonds is 14. The van der Waals surface area contributed by atoms with Crippen LogP contribution >= 0.6 is 0 Å². The average Bonchev–Trinajstić information content (AvgIpc) is 2.84. The molecule has 1 unspecified atom stereocenters. The second-order valence-electron chi connectivity index (χ2n) is 12.1. The monoisotopic (exact) mass is 565 g/mol. The summed E-state index contributed by atoms with van der Waals surface area (Å²) in [6.07, 6.45) is -0.975. The SMILES string of the molecule is CCC(C)(C)C(=O)Oc1ccc(C[C@](NC(C)C)(OC(=O)OC(C)C(C)C)C(=O)O)cc1OC(=O)C(C)(C)CC. The summed E-state index contributed by atoms with van der Waals surface area (Å²) < 4.78 is 22.0. The Morgan fingerprint density at radius 1 is 0.850 bits per heavy atom. The van der Waals surface area contributed by atoms with E-state index in [0.717, 1.165) is 0 Å². The fourth-order valence-electron chi connectivity index (χ4n) is 3.10. The average molecular weight is 566 g/mol. The number of nitrogens with one attached hydrogen (secondary N) is 1. The number of carbonyl (C=O) groups excluding carboxylic acids is 3. The van der Waals surface area contributed by atoms with Gasteiger partial charge in [0.05, 0.1) is 10.8 Å². The third-order valence-corrected chi connectivity index (χ3v) is 7.09. The van der Waals surface area contributed by atoms with Crippen molar-refractivity contribution in [3.63, 3.8) is 0 Å². The Labute approximate surface area is 238 Å². The zero-order chi connectivity index (χ0) is 31.1. The summed E-state index contributed by atoms with van der Waals surface area (Å²) in [5.41, 5.74) is -3.48. The molecule has 0 radical (unpaired) electrons. The molecule has 2 atom stereocenters. The van der Waals surface area contributed by atoms with E-state index in [2.05, 4.69) is 5.32 Å². The van der Waals surface area contributed by atoms with Gasteiger partial charge in [0.1, 0.15) is 6.10 Å². The lowest BCUT2D eigenvalue weighted by atomic mass is 9.90. The van der Waals surface area contributed by atoms with E-state index in [-0.39, 0.29) is 23.8 Å². The van der Waals surface area contributed by atoms with Gasteiger partial charge in [-0.15, -0.1) is 0 Å². The molecule has 0 saturated carbocycles. The van der Waals surface area contributed by atoms with E-state index in [9.17, 15) is 24.3 Å². The first-order valence-electron chi connectivity index (χ1n) is 13.8. The van der Waals surface area contributed by atoms with E-state index < -0.39 is 52.8 Å². The highest BCUT2D eigenvalue weighted by Crippen LogP contribution is 2.35. The summed E-state index contributed by atoms with van der Waals surface area (Å²) in [6, 6.07) is 3.97. The number of hydrogen-bond acceptors (Lipinski definition) is 9. The highest BCUT2D eigenvalue weighted by atomic mass is 16.7. The lowest BCUT2D eigenvalue weighted by Crippen LogP contribution is -2.59. The molecule has 0 saturated heterocycles. The van der Waals surface area contributed by atoms with E-state index >= 15 is 0 Å². The molecular formula is C30H47NO9. The van der Waals surface area contributed by atoms with Gasteiger partial charge in [0.25, 0.3) is 5.72 Å². The van der Waals surface area contributed by atoms with Gasteiger partial charge in [-0.1, -0.05) is 33.8 Å². The zero-order valence-electron chi connectivity index (χ0n) is 25.8. The molecule has 1 aromatic carbocycles. The second-order valence-corrected chi connectivity index (χ2v) is 12.1. The molecule has 1 aromatic rings. The fraction of sp³-hybridized carbons (Fsp3) is 0.667. The van der Waals surface area contributed by atoms with Gasteiger partial charge < -0.3 is 24.1 Å². The van der Waals surface area contributed by atoms with Gasteiger partial charge >= 0.3 is 24.1 Å². The van der Waals surface area contributed by atoms with Gasteiger partial charge in [-0.05, 0) is 84.9 Å². The van der Waals surface area contributed by atoms with E-state index in [1.807, 2.05) is 27.7 Å². The van der Waals surface area contributed by atoms with Gasteiger partial charge in [0, 0.05) is 12.5 Å². The van der Waals surface area contributed by atoms with Gasteiger partial charge in [0.15, 0.2) is 11.5 Å². The van der Waals surface area contributed by atoms with Crippen molar-refractivity contribution in [3.8, 4) is 11.5 Å². The Kier molecular flexibility index (Phi) is 12.2. The number of aliphatic carboxylic acids is 1. The number of carbonyl (C=O) groups is 4. The molecule has 0 bridgehead atoms. The maximum absolute atomic E-state index is 13.0. The first kappa shape index (κ1) is 34.9. The molecule has 10 nitrogen and oxygen atoms in total. The van der Waals surface area contributed by atoms with Crippen LogP contribution in [0, 0.1) is 16.7 Å². The maximum Gasteiger partial charge on any atom is 0.510 e. The molecule has 40 heavy (non-hydrogen) atoms. The number of benzene rings is 1. The molecule has 0 aliphatic heterocycles. The third-order valence-electron chi connectivity index (χ3n) is 7.09. The Morgan fingerprint density at radius 2 is 1.35 bits per heavy atom. The predicted octanol–water partition coefficient (Wildman–Crippen LogP) is 5.89. The minimum atomic E-state index is -2.20. The van der Waals surface area contributed by atoms with Crippen LogP contribution < -0.4 is 14.8 Å². The van der Waals surface area contributed by atoms with Crippen molar-refractivity contribution in [3.05, 3.63) is 23.8 Å². The Balaban J connectivity index is 3.56. The minimum absolute atomic E-state index is 0.0117. The topological polar surface area (TPSA) is 137 Å². The Hall–Kier alpha value is -3.14. The lowest BCUT2D eigenvalue weighted by Gasteiger charge is -2.32. The highest BCUT2D eigenvalue weighted by Gasteiger charge is 2.45. The number of carboxylic acid groups (broad SMARTS) is 1. The summed E-state index contributed by atoms with van der Waals surface area (Å²) in [6.45, 7) is 19.4. The molecule has 226 valence electrons. The van der Waals surface area contributed by atoms with Gasteiger partial charge in [-0.2, -0.15) is 0 Å². The van der Waals surface area contributed by atoms with E-state index in [4.69, 9.17) is 18.9 Å². The number of hydrogen-bond donors (Lipinski definition) is 2. The van der Waals surface area contributed by atoms with Crippen LogP contribution in [0.4, 0.5) is 4.79 Å². The fourth-order valence-corrected chi connectivity index (χ4v) is 3.10. The van der Waals surface area contributed by atoms with Crippen LogP contribution in [-0.2, 0) is 30.3 Å². The van der Waals surface area contributed by atoms with Crippen molar-refractivity contribution < 1.29 is 43.2 Å². The number of carboxylic acids is 1. The molecule has 0 aliphatic rings. The molecule has 0 aliphatic carbocycles. The molecule has 0 fully saturated rings. The molecule has 1 rings (SSSR count). The molecule has 0 spiro atoms.